The van der Waals surface area contributed by atoms with E-state index < -0.39 is 16.2 Å². The third kappa shape index (κ3) is 2.37. The van der Waals surface area contributed by atoms with Crippen LogP contribution in [-0.4, -0.2) is 29.6 Å². The number of aromatic nitrogens is 2. The van der Waals surface area contributed by atoms with E-state index in [0.29, 0.717) is 11.0 Å². The first-order chi connectivity index (χ1) is 8.42. The van der Waals surface area contributed by atoms with Crippen LogP contribution in [0.1, 0.15) is 0 Å². The minimum atomic E-state index is -4.02. The van der Waals surface area contributed by atoms with Crippen LogP contribution in [0.3, 0.4) is 0 Å². The molecule has 0 radical (unpaired) electrons. The summed E-state index contributed by atoms with van der Waals surface area (Å²) in [4.78, 5) is 16.7. The normalized spacial score (nSPS) is 11.6. The Balaban J connectivity index is 2.49. The zero-order valence-corrected chi connectivity index (χ0v) is 10.1. The predicted octanol–water partition coefficient (Wildman–Crippen LogP) is 1.51. The summed E-state index contributed by atoms with van der Waals surface area (Å²) in [7, 11) is -4.02. The van der Waals surface area contributed by atoms with E-state index in [4.69, 9.17) is 17.0 Å². The summed E-state index contributed by atoms with van der Waals surface area (Å²) < 4.78 is 26.5. The number of imidazole rings is 1. The number of rotatable bonds is 3. The lowest BCUT2D eigenvalue weighted by atomic mass is 10.3. The smallest absolute Gasteiger partial charge is 0.411 e. The number of amides is 1. The first-order valence-electron chi connectivity index (χ1n) is 4.47. The Morgan fingerprint density at radius 3 is 2.83 bits per heavy atom. The van der Waals surface area contributed by atoms with E-state index in [1.165, 1.54) is 18.2 Å². The fourth-order valence-electron chi connectivity index (χ4n) is 1.34. The summed E-state index contributed by atoms with van der Waals surface area (Å²) in [6, 6.07) is 3.86. The lowest BCUT2D eigenvalue weighted by Gasteiger charge is -1.97. The SMILES string of the molecule is O=C(O)Nc1nc2ccc(S(=O)(=O)OCl)cc2[nH]1. The Morgan fingerprint density at radius 2 is 2.22 bits per heavy atom. The fourth-order valence-corrected chi connectivity index (χ4v) is 2.13. The molecule has 10 heteroatoms. The summed E-state index contributed by atoms with van der Waals surface area (Å²) in [5.41, 5.74) is 0.723. The average Bonchev–Trinajstić information content (AvgIpc) is 2.68. The van der Waals surface area contributed by atoms with Gasteiger partial charge in [-0.1, -0.05) is 0 Å². The molecule has 2 rings (SSSR count). The van der Waals surface area contributed by atoms with Gasteiger partial charge in [-0.15, -0.1) is 0 Å². The van der Waals surface area contributed by atoms with Gasteiger partial charge in [0.05, 0.1) is 27.8 Å². The van der Waals surface area contributed by atoms with Gasteiger partial charge in [0.15, 0.2) is 0 Å². The van der Waals surface area contributed by atoms with Crippen molar-refractivity contribution in [1.82, 2.24) is 9.97 Å². The van der Waals surface area contributed by atoms with Gasteiger partial charge in [0.1, 0.15) is 0 Å². The van der Waals surface area contributed by atoms with E-state index in [2.05, 4.69) is 13.7 Å². The topological polar surface area (TPSA) is 121 Å². The lowest BCUT2D eigenvalue weighted by molar-refractivity contribution is 0.209. The first-order valence-corrected chi connectivity index (χ1v) is 6.19. The second kappa shape index (κ2) is 4.44. The van der Waals surface area contributed by atoms with Gasteiger partial charge >= 0.3 is 16.2 Å². The van der Waals surface area contributed by atoms with Crippen LogP contribution in [0.25, 0.3) is 11.0 Å². The van der Waals surface area contributed by atoms with Crippen molar-refractivity contribution in [2.45, 2.75) is 4.90 Å². The molecule has 0 saturated carbocycles. The van der Waals surface area contributed by atoms with Crippen molar-refractivity contribution in [3.63, 3.8) is 0 Å². The zero-order valence-electron chi connectivity index (χ0n) is 8.55. The third-order valence-electron chi connectivity index (χ3n) is 2.05. The number of H-pyrrole nitrogens is 1. The molecule has 1 aromatic heterocycles. The van der Waals surface area contributed by atoms with Crippen molar-refractivity contribution in [3.05, 3.63) is 18.2 Å². The molecule has 2 aromatic rings. The second-order valence-electron chi connectivity index (χ2n) is 3.21. The van der Waals surface area contributed by atoms with Crippen LogP contribution >= 0.6 is 11.9 Å². The minimum Gasteiger partial charge on any atom is -0.465 e. The van der Waals surface area contributed by atoms with E-state index >= 15 is 0 Å². The molecule has 1 heterocycles. The molecule has 0 aliphatic heterocycles. The number of hydrogen-bond acceptors (Lipinski definition) is 5. The largest absolute Gasteiger partial charge is 0.465 e. The number of carbonyl (C=O) groups is 1. The fraction of sp³-hybridized carbons (Fsp3) is 0. The van der Waals surface area contributed by atoms with E-state index in [1.807, 2.05) is 5.32 Å². The number of nitrogens with zero attached hydrogens (tertiary/aromatic N) is 1. The highest BCUT2D eigenvalue weighted by atomic mass is 35.5. The predicted molar refractivity (Wildman–Crippen MR) is 61.9 cm³/mol. The van der Waals surface area contributed by atoms with Gasteiger partial charge in [0.25, 0.3) is 0 Å². The van der Waals surface area contributed by atoms with Gasteiger partial charge in [0, 0.05) is 0 Å². The third-order valence-corrected chi connectivity index (χ3v) is 3.55. The van der Waals surface area contributed by atoms with Crippen molar-refractivity contribution in [2.75, 3.05) is 5.32 Å². The molecule has 0 aliphatic carbocycles. The number of aromatic amines is 1. The maximum absolute atomic E-state index is 11.3. The van der Waals surface area contributed by atoms with Crippen LogP contribution in [0.15, 0.2) is 23.1 Å². The van der Waals surface area contributed by atoms with Crippen molar-refractivity contribution >= 4 is 45.1 Å². The van der Waals surface area contributed by atoms with Crippen LogP contribution in [0, 0.1) is 0 Å². The quantitative estimate of drug-likeness (QED) is 0.788. The highest BCUT2D eigenvalue weighted by Crippen LogP contribution is 2.20. The Hall–Kier alpha value is -1.84. The molecular formula is C8H6ClN3O5S. The highest BCUT2D eigenvalue weighted by Gasteiger charge is 2.16. The Bertz CT molecular complexity index is 711. The number of nitrogens with one attached hydrogen (secondary N) is 2. The zero-order chi connectivity index (χ0) is 13.3. The molecule has 0 fully saturated rings. The Kier molecular flexibility index (Phi) is 3.11. The standard InChI is InChI=1S/C8H6ClN3O5S/c9-17-18(15,16)4-1-2-5-6(3-4)11-7(10-5)12-8(13)14/h1-3H,(H,13,14)(H2,10,11,12). The Morgan fingerprint density at radius 1 is 1.50 bits per heavy atom. The maximum atomic E-state index is 11.3. The molecule has 18 heavy (non-hydrogen) atoms. The summed E-state index contributed by atoms with van der Waals surface area (Å²) >= 11 is 4.85. The van der Waals surface area contributed by atoms with Gasteiger partial charge in [0.2, 0.25) is 5.95 Å². The molecule has 1 amide bonds. The molecule has 0 saturated heterocycles. The van der Waals surface area contributed by atoms with Gasteiger partial charge in [-0.05, 0) is 18.2 Å². The van der Waals surface area contributed by atoms with E-state index in [9.17, 15) is 13.2 Å². The van der Waals surface area contributed by atoms with Gasteiger partial charge in [-0.25, -0.2) is 9.78 Å². The highest BCUT2D eigenvalue weighted by molar-refractivity contribution is 7.87. The Labute approximate surface area is 106 Å². The molecular weight excluding hydrogens is 286 g/mol. The molecule has 0 atom stereocenters. The van der Waals surface area contributed by atoms with E-state index in [0.717, 1.165) is 0 Å². The maximum Gasteiger partial charge on any atom is 0.411 e. The summed E-state index contributed by atoms with van der Waals surface area (Å²) in [5.74, 6) is -0.0150. The molecule has 3 N–H and O–H groups in total. The number of fused-ring (bicyclic) bond motifs is 1. The van der Waals surface area contributed by atoms with Crippen LogP contribution in [-0.2, 0) is 13.9 Å². The molecule has 0 unspecified atom stereocenters. The first kappa shape index (κ1) is 12.6. The summed E-state index contributed by atoms with van der Waals surface area (Å²) in [5, 5.41) is 10.5. The number of halogens is 1. The molecule has 8 nitrogen and oxygen atoms in total. The van der Waals surface area contributed by atoms with Gasteiger partial charge in [-0.3, -0.25) is 5.32 Å². The van der Waals surface area contributed by atoms with E-state index in [-0.39, 0.29) is 10.8 Å². The second-order valence-corrected chi connectivity index (χ2v) is 5.10. The minimum absolute atomic E-state index is 0.0150. The van der Waals surface area contributed by atoms with Crippen molar-refractivity contribution in [1.29, 1.82) is 0 Å². The van der Waals surface area contributed by atoms with Crippen molar-refractivity contribution in [2.24, 2.45) is 0 Å². The molecule has 96 valence electrons. The lowest BCUT2D eigenvalue weighted by Crippen LogP contribution is -2.08. The number of hydrogen-bond donors (Lipinski definition) is 3. The van der Waals surface area contributed by atoms with Gasteiger partial charge < -0.3 is 10.1 Å². The number of anilines is 1. The average molecular weight is 292 g/mol. The van der Waals surface area contributed by atoms with Crippen LogP contribution in [0.5, 0.6) is 0 Å². The molecule has 0 bridgehead atoms. The summed E-state index contributed by atoms with van der Waals surface area (Å²) in [6.07, 6.45) is -1.29. The number of benzene rings is 1. The molecule has 0 aliphatic rings. The summed E-state index contributed by atoms with van der Waals surface area (Å²) in [6.45, 7) is 0. The van der Waals surface area contributed by atoms with E-state index in [1.54, 1.807) is 0 Å². The molecule has 0 spiro atoms. The monoisotopic (exact) mass is 291 g/mol. The van der Waals surface area contributed by atoms with Crippen LogP contribution in [0.2, 0.25) is 0 Å². The van der Waals surface area contributed by atoms with Crippen LogP contribution < -0.4 is 5.32 Å². The van der Waals surface area contributed by atoms with Crippen molar-refractivity contribution in [3.8, 4) is 0 Å². The van der Waals surface area contributed by atoms with Crippen molar-refractivity contribution < 1.29 is 22.1 Å². The van der Waals surface area contributed by atoms with Crippen LogP contribution in [0.4, 0.5) is 10.7 Å². The van der Waals surface area contributed by atoms with Gasteiger partial charge in [-0.2, -0.15) is 12.2 Å². The number of carboxylic acid groups (broad SMARTS) is 1. The molecule has 1 aromatic carbocycles.